The molecular weight excluding hydrogens is 220 g/mol. The summed E-state index contributed by atoms with van der Waals surface area (Å²) < 4.78 is 1.34. The topological polar surface area (TPSA) is 92.9 Å². The second kappa shape index (κ2) is 5.80. The molecule has 1 aromatic heterocycles. The summed E-state index contributed by atoms with van der Waals surface area (Å²) in [4.78, 5) is 25.3. The van der Waals surface area contributed by atoms with Crippen molar-refractivity contribution in [2.45, 2.75) is 26.3 Å². The first-order chi connectivity index (χ1) is 8.11. The largest absolute Gasteiger partial charge is 0.383 e. The standard InChI is InChI=1S/C11H16N4O2/c1-3-5-7-15-9(12)8(13-6-4-2)10(16)14-11(15)17/h2,13H,3,5-7,12H2,1H3,(H,14,16,17). The highest BCUT2D eigenvalue weighted by Crippen LogP contribution is 2.10. The van der Waals surface area contributed by atoms with Gasteiger partial charge in [0.15, 0.2) is 0 Å². The number of H-pyrrole nitrogens is 1. The van der Waals surface area contributed by atoms with Gasteiger partial charge < -0.3 is 11.1 Å². The van der Waals surface area contributed by atoms with Crippen LogP contribution in [-0.2, 0) is 6.54 Å². The summed E-state index contributed by atoms with van der Waals surface area (Å²) in [5.41, 5.74) is 4.89. The predicted octanol–water partition coefficient (Wildman–Crippen LogP) is -0.0360. The van der Waals surface area contributed by atoms with Crippen molar-refractivity contribution in [3.05, 3.63) is 20.8 Å². The van der Waals surface area contributed by atoms with E-state index in [9.17, 15) is 9.59 Å². The third-order valence-corrected chi connectivity index (χ3v) is 2.34. The molecule has 0 aliphatic carbocycles. The van der Waals surface area contributed by atoms with Gasteiger partial charge in [-0.05, 0) is 6.42 Å². The van der Waals surface area contributed by atoms with E-state index in [2.05, 4.69) is 16.2 Å². The number of nitrogen functional groups attached to an aromatic ring is 1. The molecule has 4 N–H and O–H groups in total. The number of hydrogen-bond donors (Lipinski definition) is 3. The van der Waals surface area contributed by atoms with Crippen molar-refractivity contribution >= 4 is 11.5 Å². The lowest BCUT2D eigenvalue weighted by Crippen LogP contribution is -2.34. The van der Waals surface area contributed by atoms with Crippen molar-refractivity contribution in [1.82, 2.24) is 9.55 Å². The van der Waals surface area contributed by atoms with Crippen molar-refractivity contribution in [3.63, 3.8) is 0 Å². The van der Waals surface area contributed by atoms with Gasteiger partial charge >= 0.3 is 5.69 Å². The van der Waals surface area contributed by atoms with E-state index < -0.39 is 11.2 Å². The van der Waals surface area contributed by atoms with Gasteiger partial charge in [0.2, 0.25) is 0 Å². The van der Waals surface area contributed by atoms with Crippen LogP contribution in [0.4, 0.5) is 11.5 Å². The number of aromatic amines is 1. The highest BCUT2D eigenvalue weighted by atomic mass is 16.2. The van der Waals surface area contributed by atoms with E-state index in [0.29, 0.717) is 6.54 Å². The zero-order chi connectivity index (χ0) is 12.8. The van der Waals surface area contributed by atoms with Gasteiger partial charge in [-0.2, -0.15) is 0 Å². The van der Waals surface area contributed by atoms with Crippen molar-refractivity contribution in [1.29, 1.82) is 0 Å². The molecule has 1 heterocycles. The maximum absolute atomic E-state index is 11.6. The average Bonchev–Trinajstić information content (AvgIpc) is 2.28. The summed E-state index contributed by atoms with van der Waals surface area (Å²) in [5.74, 6) is 2.47. The molecule has 92 valence electrons. The number of hydrogen-bond acceptors (Lipinski definition) is 4. The molecular formula is C11H16N4O2. The Morgan fingerprint density at radius 2 is 2.24 bits per heavy atom. The maximum atomic E-state index is 11.6. The van der Waals surface area contributed by atoms with Crippen LogP contribution in [0.2, 0.25) is 0 Å². The van der Waals surface area contributed by atoms with Gasteiger partial charge in [-0.15, -0.1) is 6.42 Å². The quantitative estimate of drug-likeness (QED) is 0.626. The number of anilines is 2. The molecule has 0 amide bonds. The van der Waals surface area contributed by atoms with E-state index in [4.69, 9.17) is 12.2 Å². The Bertz CT molecular complexity index is 536. The SMILES string of the molecule is C#CCNc1c(N)n(CCCC)c(=O)[nH]c1=O. The molecule has 0 saturated carbocycles. The molecule has 6 heteroatoms. The number of nitrogens with zero attached hydrogens (tertiary/aromatic N) is 1. The minimum atomic E-state index is -0.546. The van der Waals surface area contributed by atoms with Crippen LogP contribution in [0.5, 0.6) is 0 Å². The van der Waals surface area contributed by atoms with Crippen molar-refractivity contribution in [3.8, 4) is 12.3 Å². The van der Waals surface area contributed by atoms with Gasteiger partial charge in [0, 0.05) is 6.54 Å². The molecule has 0 aromatic carbocycles. The van der Waals surface area contributed by atoms with Crippen LogP contribution in [0.25, 0.3) is 0 Å². The van der Waals surface area contributed by atoms with Crippen LogP contribution in [0, 0.1) is 12.3 Å². The Hall–Kier alpha value is -2.16. The van der Waals surface area contributed by atoms with Crippen molar-refractivity contribution < 1.29 is 0 Å². The number of nitrogens with one attached hydrogen (secondary N) is 2. The maximum Gasteiger partial charge on any atom is 0.330 e. The summed E-state index contributed by atoms with van der Waals surface area (Å²) in [6.07, 6.45) is 6.83. The second-order valence-corrected chi connectivity index (χ2v) is 3.58. The molecule has 0 atom stereocenters. The van der Waals surface area contributed by atoms with Crippen molar-refractivity contribution in [2.24, 2.45) is 0 Å². The third-order valence-electron chi connectivity index (χ3n) is 2.34. The molecule has 0 saturated heterocycles. The van der Waals surface area contributed by atoms with Crippen LogP contribution >= 0.6 is 0 Å². The zero-order valence-corrected chi connectivity index (χ0v) is 9.75. The molecule has 0 aliphatic rings. The van der Waals surface area contributed by atoms with Gasteiger partial charge in [0.05, 0.1) is 6.54 Å². The van der Waals surface area contributed by atoms with Crippen LogP contribution in [-0.4, -0.2) is 16.1 Å². The number of unbranched alkanes of at least 4 members (excludes halogenated alkanes) is 1. The van der Waals surface area contributed by atoms with E-state index in [-0.39, 0.29) is 18.1 Å². The molecule has 0 spiro atoms. The first-order valence-electron chi connectivity index (χ1n) is 5.41. The Morgan fingerprint density at radius 1 is 1.53 bits per heavy atom. The van der Waals surface area contributed by atoms with E-state index in [0.717, 1.165) is 12.8 Å². The minimum Gasteiger partial charge on any atom is -0.383 e. The second-order valence-electron chi connectivity index (χ2n) is 3.58. The number of nitrogens with two attached hydrogens (primary N) is 1. The lowest BCUT2D eigenvalue weighted by Gasteiger charge is -2.12. The molecule has 0 fully saturated rings. The summed E-state index contributed by atoms with van der Waals surface area (Å²) >= 11 is 0. The molecule has 0 radical (unpaired) electrons. The highest BCUT2D eigenvalue weighted by Gasteiger charge is 2.10. The highest BCUT2D eigenvalue weighted by molar-refractivity contribution is 5.60. The molecule has 0 bridgehead atoms. The van der Waals surface area contributed by atoms with E-state index in [1.807, 2.05) is 6.92 Å². The lowest BCUT2D eigenvalue weighted by molar-refractivity contribution is 0.605. The van der Waals surface area contributed by atoms with Crippen LogP contribution < -0.4 is 22.3 Å². The fourth-order valence-corrected chi connectivity index (χ4v) is 1.44. The summed E-state index contributed by atoms with van der Waals surface area (Å²) in [7, 11) is 0. The summed E-state index contributed by atoms with van der Waals surface area (Å²) in [6, 6.07) is 0. The van der Waals surface area contributed by atoms with E-state index >= 15 is 0 Å². The Kier molecular flexibility index (Phi) is 4.40. The molecule has 1 aromatic rings. The van der Waals surface area contributed by atoms with Crippen LogP contribution in [0.15, 0.2) is 9.59 Å². The Morgan fingerprint density at radius 3 is 2.82 bits per heavy atom. The first-order valence-corrected chi connectivity index (χ1v) is 5.41. The monoisotopic (exact) mass is 236 g/mol. The van der Waals surface area contributed by atoms with Crippen LogP contribution in [0.1, 0.15) is 19.8 Å². The van der Waals surface area contributed by atoms with Crippen molar-refractivity contribution in [2.75, 3.05) is 17.6 Å². The molecule has 0 aliphatic heterocycles. The Balaban J connectivity index is 3.19. The summed E-state index contributed by atoms with van der Waals surface area (Å²) in [5, 5.41) is 2.71. The first kappa shape index (κ1) is 12.9. The lowest BCUT2D eigenvalue weighted by atomic mass is 10.3. The molecule has 6 nitrogen and oxygen atoms in total. The fourth-order valence-electron chi connectivity index (χ4n) is 1.44. The minimum absolute atomic E-state index is 0.127. The molecule has 17 heavy (non-hydrogen) atoms. The van der Waals surface area contributed by atoms with Gasteiger partial charge in [0.1, 0.15) is 11.5 Å². The fraction of sp³-hybridized carbons (Fsp3) is 0.455. The normalized spacial score (nSPS) is 9.88. The molecule has 0 unspecified atom stereocenters. The summed E-state index contributed by atoms with van der Waals surface area (Å²) in [6.45, 7) is 2.66. The smallest absolute Gasteiger partial charge is 0.330 e. The number of rotatable bonds is 5. The number of aromatic nitrogens is 2. The van der Waals surface area contributed by atoms with Gasteiger partial charge in [-0.3, -0.25) is 14.3 Å². The van der Waals surface area contributed by atoms with Gasteiger partial charge in [-0.25, -0.2) is 4.79 Å². The van der Waals surface area contributed by atoms with E-state index in [1.165, 1.54) is 4.57 Å². The zero-order valence-electron chi connectivity index (χ0n) is 9.75. The third kappa shape index (κ3) is 2.91. The Labute approximate surface area is 98.8 Å². The average molecular weight is 236 g/mol. The van der Waals surface area contributed by atoms with E-state index in [1.54, 1.807) is 0 Å². The van der Waals surface area contributed by atoms with Gasteiger partial charge in [-0.1, -0.05) is 19.3 Å². The number of terminal acetylenes is 1. The van der Waals surface area contributed by atoms with Crippen LogP contribution in [0.3, 0.4) is 0 Å². The molecule has 1 rings (SSSR count). The van der Waals surface area contributed by atoms with Gasteiger partial charge in [0.25, 0.3) is 5.56 Å². The predicted molar refractivity (Wildman–Crippen MR) is 68.0 cm³/mol.